The molecule has 0 unspecified atom stereocenters. The summed E-state index contributed by atoms with van der Waals surface area (Å²) in [5, 5.41) is 2.30. The van der Waals surface area contributed by atoms with E-state index in [0.717, 1.165) is 26.7 Å². The molecule has 27 heavy (non-hydrogen) atoms. The number of aromatic nitrogens is 1. The van der Waals surface area contributed by atoms with Crippen LogP contribution in [0.4, 0.5) is 5.69 Å². The molecule has 0 fully saturated rings. The Bertz CT molecular complexity index is 1240. The fourth-order valence-corrected chi connectivity index (χ4v) is 4.50. The first-order valence-electron chi connectivity index (χ1n) is 8.66. The summed E-state index contributed by atoms with van der Waals surface area (Å²) in [4.78, 5) is 4.92. The van der Waals surface area contributed by atoms with Crippen LogP contribution < -0.4 is 17.0 Å². The zero-order valence-electron chi connectivity index (χ0n) is 15.3. The lowest BCUT2D eigenvalue weighted by Gasteiger charge is -2.15. The Morgan fingerprint density at radius 1 is 1.04 bits per heavy atom. The summed E-state index contributed by atoms with van der Waals surface area (Å²) in [6.07, 6.45) is 0. The van der Waals surface area contributed by atoms with Crippen LogP contribution in [0.5, 0.6) is 0 Å². The van der Waals surface area contributed by atoms with E-state index in [1.54, 1.807) is 0 Å². The lowest BCUT2D eigenvalue weighted by Crippen LogP contribution is -3.00. The van der Waals surface area contributed by atoms with Gasteiger partial charge in [0.25, 0.3) is 11.6 Å². The maximum atomic E-state index is 6.23. The van der Waals surface area contributed by atoms with E-state index >= 15 is 0 Å². The molecule has 0 bridgehead atoms. The molecule has 5 rings (SSSR count). The highest BCUT2D eigenvalue weighted by molar-refractivity contribution is 9.10. The quantitative estimate of drug-likeness (QED) is 0.388. The van der Waals surface area contributed by atoms with Gasteiger partial charge in [-0.2, -0.15) is 4.58 Å². The Balaban J connectivity index is 0.00000180. The standard InChI is InChI=1S/C22H18BrN2O.BrH/c1-22(2)16-12-14(23)9-10-17(16)25(3)20(22)21-24-19-15-7-5-4-6-13(15)8-11-18(19)26-21;/h4-12H,1-3H3;1H/q+1;/p-1. The van der Waals surface area contributed by atoms with Crippen LogP contribution in [-0.4, -0.2) is 22.3 Å². The molecule has 0 atom stereocenters. The number of hydrogen-bond acceptors (Lipinski definition) is 2. The average Bonchev–Trinajstić information content (AvgIpc) is 3.12. The van der Waals surface area contributed by atoms with Gasteiger partial charge in [-0.25, -0.2) is 4.98 Å². The third-order valence-corrected chi connectivity index (χ3v) is 5.90. The number of halogens is 2. The van der Waals surface area contributed by atoms with Crippen LogP contribution in [0.1, 0.15) is 25.3 Å². The summed E-state index contributed by atoms with van der Waals surface area (Å²) >= 11 is 3.60. The minimum absolute atomic E-state index is 0. The van der Waals surface area contributed by atoms with Gasteiger partial charge < -0.3 is 21.4 Å². The van der Waals surface area contributed by atoms with Crippen LogP contribution in [-0.2, 0) is 5.41 Å². The van der Waals surface area contributed by atoms with Gasteiger partial charge in [-0.15, -0.1) is 0 Å². The van der Waals surface area contributed by atoms with Crippen LogP contribution in [0, 0.1) is 0 Å². The molecule has 0 radical (unpaired) electrons. The fourth-order valence-electron chi connectivity index (χ4n) is 4.14. The molecular formula is C22H18Br2N2O. The van der Waals surface area contributed by atoms with E-state index in [9.17, 15) is 0 Å². The van der Waals surface area contributed by atoms with Gasteiger partial charge in [-0.1, -0.05) is 46.3 Å². The highest BCUT2D eigenvalue weighted by atomic mass is 79.9. The van der Waals surface area contributed by atoms with Crippen molar-refractivity contribution in [3.05, 3.63) is 70.5 Å². The molecule has 2 heterocycles. The first-order valence-corrected chi connectivity index (χ1v) is 9.46. The number of rotatable bonds is 1. The lowest BCUT2D eigenvalue weighted by molar-refractivity contribution is -0.402. The van der Waals surface area contributed by atoms with Gasteiger partial charge in [0.05, 0.1) is 5.41 Å². The van der Waals surface area contributed by atoms with Crippen molar-refractivity contribution in [2.24, 2.45) is 0 Å². The summed E-state index contributed by atoms with van der Waals surface area (Å²) in [6.45, 7) is 4.45. The van der Waals surface area contributed by atoms with E-state index in [1.807, 2.05) is 18.2 Å². The zero-order chi connectivity index (χ0) is 18.1. The highest BCUT2D eigenvalue weighted by Gasteiger charge is 2.47. The van der Waals surface area contributed by atoms with Crippen molar-refractivity contribution in [3.63, 3.8) is 0 Å². The molecule has 0 saturated carbocycles. The number of benzene rings is 3. The predicted octanol–water partition coefficient (Wildman–Crippen LogP) is 2.80. The number of nitrogens with zero attached hydrogens (tertiary/aromatic N) is 2. The third kappa shape index (κ3) is 2.59. The molecule has 0 aliphatic carbocycles. The Labute approximate surface area is 176 Å². The number of oxazole rings is 1. The molecule has 0 amide bonds. The molecule has 5 heteroatoms. The summed E-state index contributed by atoms with van der Waals surface area (Å²) in [5.41, 5.74) is 5.12. The Kier molecular flexibility index (Phi) is 4.28. The minimum Gasteiger partial charge on any atom is -1.00 e. The van der Waals surface area contributed by atoms with Gasteiger partial charge in [-0.05, 0) is 37.4 Å². The third-order valence-electron chi connectivity index (χ3n) is 5.41. The smallest absolute Gasteiger partial charge is 0.290 e. The van der Waals surface area contributed by atoms with Gasteiger partial charge >= 0.3 is 0 Å². The second-order valence-corrected chi connectivity index (χ2v) is 8.26. The topological polar surface area (TPSA) is 29.0 Å². The van der Waals surface area contributed by atoms with Crippen molar-refractivity contribution < 1.29 is 26.0 Å². The van der Waals surface area contributed by atoms with Gasteiger partial charge in [0.15, 0.2) is 5.58 Å². The lowest BCUT2D eigenvalue weighted by atomic mass is 9.81. The number of fused-ring (bicyclic) bond motifs is 4. The van der Waals surface area contributed by atoms with E-state index in [4.69, 9.17) is 9.40 Å². The van der Waals surface area contributed by atoms with Gasteiger partial charge in [-0.3, -0.25) is 0 Å². The summed E-state index contributed by atoms with van der Waals surface area (Å²) in [5.74, 6) is 0.691. The van der Waals surface area contributed by atoms with Crippen molar-refractivity contribution in [2.75, 3.05) is 7.05 Å². The summed E-state index contributed by atoms with van der Waals surface area (Å²) in [7, 11) is 2.09. The van der Waals surface area contributed by atoms with Crippen molar-refractivity contribution in [3.8, 4) is 0 Å². The van der Waals surface area contributed by atoms with Crippen LogP contribution in [0.25, 0.3) is 21.9 Å². The van der Waals surface area contributed by atoms with Crippen molar-refractivity contribution >= 4 is 49.2 Å². The van der Waals surface area contributed by atoms with E-state index in [1.165, 1.54) is 16.6 Å². The zero-order valence-corrected chi connectivity index (χ0v) is 18.4. The second-order valence-electron chi connectivity index (χ2n) is 7.35. The SMILES string of the molecule is C[N+]1=C(c2nc3c(ccc4ccccc43)o2)C(C)(C)c2cc(Br)ccc21.[Br-]. The monoisotopic (exact) mass is 484 g/mol. The van der Waals surface area contributed by atoms with E-state index < -0.39 is 0 Å². The van der Waals surface area contributed by atoms with Gasteiger partial charge in [0, 0.05) is 21.5 Å². The molecule has 136 valence electrons. The Morgan fingerprint density at radius 2 is 1.81 bits per heavy atom. The molecule has 3 nitrogen and oxygen atoms in total. The normalized spacial score (nSPS) is 15.3. The molecular weight excluding hydrogens is 468 g/mol. The maximum Gasteiger partial charge on any atom is 0.290 e. The molecule has 3 aromatic carbocycles. The van der Waals surface area contributed by atoms with Crippen LogP contribution >= 0.6 is 15.9 Å². The second kappa shape index (κ2) is 6.28. The predicted molar refractivity (Wildman–Crippen MR) is 109 cm³/mol. The molecule has 0 spiro atoms. The highest BCUT2D eigenvalue weighted by Crippen LogP contribution is 2.42. The van der Waals surface area contributed by atoms with Crippen LogP contribution in [0.2, 0.25) is 0 Å². The molecule has 1 aliphatic rings. The molecule has 0 N–H and O–H groups in total. The molecule has 1 aliphatic heterocycles. The Hall–Kier alpha value is -1.98. The fraction of sp³-hybridized carbons (Fsp3) is 0.182. The van der Waals surface area contributed by atoms with E-state index in [-0.39, 0.29) is 22.4 Å². The minimum atomic E-state index is -0.190. The van der Waals surface area contributed by atoms with E-state index in [0.29, 0.717) is 5.89 Å². The van der Waals surface area contributed by atoms with Crippen LogP contribution in [0.3, 0.4) is 0 Å². The largest absolute Gasteiger partial charge is 1.00 e. The van der Waals surface area contributed by atoms with E-state index in [2.05, 4.69) is 77.8 Å². The van der Waals surface area contributed by atoms with Crippen LogP contribution in [0.15, 0.2) is 63.5 Å². The number of hydrogen-bond donors (Lipinski definition) is 0. The molecule has 1 aromatic heterocycles. The molecule has 0 saturated heterocycles. The first-order chi connectivity index (χ1) is 12.5. The summed E-state index contributed by atoms with van der Waals surface area (Å²) in [6, 6.07) is 18.8. The van der Waals surface area contributed by atoms with Gasteiger partial charge in [0.2, 0.25) is 5.69 Å². The molecule has 4 aromatic rings. The first kappa shape index (κ1) is 18.4. The van der Waals surface area contributed by atoms with Gasteiger partial charge in [0.1, 0.15) is 12.6 Å². The Morgan fingerprint density at radius 3 is 2.63 bits per heavy atom. The summed E-state index contributed by atoms with van der Waals surface area (Å²) < 4.78 is 9.51. The average molecular weight is 486 g/mol. The van der Waals surface area contributed by atoms with Crippen molar-refractivity contribution in [2.45, 2.75) is 19.3 Å². The van der Waals surface area contributed by atoms with Crippen molar-refractivity contribution in [1.82, 2.24) is 4.98 Å². The van der Waals surface area contributed by atoms with Crippen molar-refractivity contribution in [1.29, 1.82) is 0 Å². The maximum absolute atomic E-state index is 6.23.